The standard InChI is InChI=1S/C12H12N2O4S/c15-11(13-4-3-12(16)17)6-18-8-1-2-10-9(5-8)14-7-19-10/h1-2,5,7H,3-4,6H2,(H,13,15)(H,16,17). The molecule has 0 saturated heterocycles. The molecule has 1 amide bonds. The Morgan fingerprint density at radius 2 is 2.26 bits per heavy atom. The predicted octanol–water partition coefficient (Wildman–Crippen LogP) is 1.27. The highest BCUT2D eigenvalue weighted by Gasteiger charge is 2.05. The molecule has 19 heavy (non-hydrogen) atoms. The fraction of sp³-hybridized carbons (Fsp3) is 0.250. The average molecular weight is 280 g/mol. The summed E-state index contributed by atoms with van der Waals surface area (Å²) in [5.41, 5.74) is 2.57. The van der Waals surface area contributed by atoms with Crippen molar-refractivity contribution in [2.45, 2.75) is 6.42 Å². The van der Waals surface area contributed by atoms with Crippen LogP contribution in [-0.4, -0.2) is 35.1 Å². The van der Waals surface area contributed by atoms with Crippen molar-refractivity contribution in [1.29, 1.82) is 0 Å². The van der Waals surface area contributed by atoms with Gasteiger partial charge in [0.1, 0.15) is 5.75 Å². The van der Waals surface area contributed by atoms with Crippen LogP contribution in [0.4, 0.5) is 0 Å². The van der Waals surface area contributed by atoms with E-state index in [2.05, 4.69) is 10.3 Å². The Bertz CT molecular complexity index is 596. The second-order valence-corrected chi connectivity index (χ2v) is 4.65. The number of aromatic nitrogens is 1. The van der Waals surface area contributed by atoms with Crippen molar-refractivity contribution in [3.8, 4) is 5.75 Å². The molecule has 0 aliphatic carbocycles. The number of aliphatic carboxylic acids is 1. The Hall–Kier alpha value is -2.15. The van der Waals surface area contributed by atoms with E-state index < -0.39 is 5.97 Å². The molecule has 100 valence electrons. The van der Waals surface area contributed by atoms with Gasteiger partial charge in [-0.2, -0.15) is 0 Å². The summed E-state index contributed by atoms with van der Waals surface area (Å²) in [6.45, 7) is -0.0437. The van der Waals surface area contributed by atoms with Crippen molar-refractivity contribution in [2.75, 3.05) is 13.2 Å². The largest absolute Gasteiger partial charge is 0.484 e. The fourth-order valence-corrected chi connectivity index (χ4v) is 2.10. The van der Waals surface area contributed by atoms with E-state index >= 15 is 0 Å². The van der Waals surface area contributed by atoms with Gasteiger partial charge in [0.15, 0.2) is 6.61 Å². The first-order chi connectivity index (χ1) is 9.15. The van der Waals surface area contributed by atoms with Crippen LogP contribution in [0.25, 0.3) is 10.2 Å². The molecule has 0 atom stereocenters. The minimum atomic E-state index is -0.949. The summed E-state index contributed by atoms with van der Waals surface area (Å²) in [7, 11) is 0. The highest BCUT2D eigenvalue weighted by molar-refractivity contribution is 7.16. The Balaban J connectivity index is 1.81. The molecule has 6 nitrogen and oxygen atoms in total. The van der Waals surface area contributed by atoms with E-state index in [0.29, 0.717) is 5.75 Å². The maximum atomic E-state index is 11.4. The normalized spacial score (nSPS) is 10.3. The average Bonchev–Trinajstić information content (AvgIpc) is 2.83. The summed E-state index contributed by atoms with van der Waals surface area (Å²) in [4.78, 5) is 25.8. The molecular formula is C12H12N2O4S. The number of thiazole rings is 1. The van der Waals surface area contributed by atoms with Gasteiger partial charge in [0.05, 0.1) is 22.1 Å². The zero-order valence-electron chi connectivity index (χ0n) is 9.96. The molecule has 1 heterocycles. The van der Waals surface area contributed by atoms with Crippen molar-refractivity contribution in [3.05, 3.63) is 23.7 Å². The number of carboxylic acids is 1. The lowest BCUT2D eigenvalue weighted by atomic mass is 10.3. The maximum Gasteiger partial charge on any atom is 0.305 e. The SMILES string of the molecule is O=C(O)CCNC(=O)COc1ccc2scnc2c1. The van der Waals surface area contributed by atoms with Crippen molar-refractivity contribution in [2.24, 2.45) is 0 Å². The van der Waals surface area contributed by atoms with Crippen LogP contribution in [0.5, 0.6) is 5.75 Å². The topological polar surface area (TPSA) is 88.5 Å². The number of nitrogens with one attached hydrogen (secondary N) is 1. The Kier molecular flexibility index (Phi) is 4.30. The van der Waals surface area contributed by atoms with Gasteiger partial charge in [-0.1, -0.05) is 0 Å². The summed E-state index contributed by atoms with van der Waals surface area (Å²) < 4.78 is 6.36. The first kappa shape index (κ1) is 13.3. The lowest BCUT2D eigenvalue weighted by molar-refractivity contribution is -0.137. The third-order valence-corrected chi connectivity index (χ3v) is 3.14. The van der Waals surface area contributed by atoms with Gasteiger partial charge < -0.3 is 15.2 Å². The molecule has 0 saturated carbocycles. The van der Waals surface area contributed by atoms with Crippen LogP contribution in [-0.2, 0) is 9.59 Å². The Morgan fingerprint density at radius 3 is 3.05 bits per heavy atom. The van der Waals surface area contributed by atoms with Crippen LogP contribution in [0.2, 0.25) is 0 Å². The lowest BCUT2D eigenvalue weighted by Crippen LogP contribution is -2.30. The molecular weight excluding hydrogens is 268 g/mol. The quantitative estimate of drug-likeness (QED) is 0.831. The molecule has 0 bridgehead atoms. The molecule has 0 radical (unpaired) electrons. The maximum absolute atomic E-state index is 11.4. The van der Waals surface area contributed by atoms with E-state index in [1.807, 2.05) is 6.07 Å². The van der Waals surface area contributed by atoms with Gasteiger partial charge in [-0.3, -0.25) is 9.59 Å². The number of nitrogens with zero attached hydrogens (tertiary/aromatic N) is 1. The number of fused-ring (bicyclic) bond motifs is 1. The predicted molar refractivity (Wildman–Crippen MR) is 70.4 cm³/mol. The molecule has 1 aromatic carbocycles. The number of amides is 1. The van der Waals surface area contributed by atoms with Crippen LogP contribution >= 0.6 is 11.3 Å². The monoisotopic (exact) mass is 280 g/mol. The number of carbonyl (C=O) groups is 2. The third kappa shape index (κ3) is 3.92. The molecule has 0 fully saturated rings. The summed E-state index contributed by atoms with van der Waals surface area (Å²) in [5.74, 6) is -0.735. The summed E-state index contributed by atoms with van der Waals surface area (Å²) >= 11 is 1.53. The number of hydrogen-bond acceptors (Lipinski definition) is 5. The van der Waals surface area contributed by atoms with Crippen molar-refractivity contribution in [1.82, 2.24) is 10.3 Å². The van der Waals surface area contributed by atoms with Gasteiger partial charge in [-0.25, -0.2) is 4.98 Å². The second-order valence-electron chi connectivity index (χ2n) is 3.76. The molecule has 2 rings (SSSR count). The minimum absolute atomic E-state index is 0.0998. The smallest absolute Gasteiger partial charge is 0.305 e. The van der Waals surface area contributed by atoms with Crippen LogP contribution < -0.4 is 10.1 Å². The third-order valence-electron chi connectivity index (χ3n) is 2.33. The van der Waals surface area contributed by atoms with E-state index in [-0.39, 0.29) is 25.5 Å². The van der Waals surface area contributed by atoms with Crippen LogP contribution in [0, 0.1) is 0 Å². The van der Waals surface area contributed by atoms with E-state index in [1.165, 1.54) is 11.3 Å². The zero-order valence-corrected chi connectivity index (χ0v) is 10.8. The number of rotatable bonds is 6. The Labute approximate surface area is 113 Å². The van der Waals surface area contributed by atoms with Gasteiger partial charge >= 0.3 is 5.97 Å². The van der Waals surface area contributed by atoms with E-state index in [1.54, 1.807) is 17.6 Å². The van der Waals surface area contributed by atoms with Crippen LogP contribution in [0.15, 0.2) is 23.7 Å². The number of carbonyl (C=O) groups excluding carboxylic acids is 1. The highest BCUT2D eigenvalue weighted by Crippen LogP contribution is 2.22. The van der Waals surface area contributed by atoms with Gasteiger partial charge in [-0.05, 0) is 12.1 Å². The Morgan fingerprint density at radius 1 is 1.42 bits per heavy atom. The van der Waals surface area contributed by atoms with Gasteiger partial charge in [0.25, 0.3) is 5.91 Å². The lowest BCUT2D eigenvalue weighted by Gasteiger charge is -2.06. The zero-order chi connectivity index (χ0) is 13.7. The first-order valence-electron chi connectivity index (χ1n) is 5.59. The number of ether oxygens (including phenoxy) is 1. The summed E-state index contributed by atoms with van der Waals surface area (Å²) in [6, 6.07) is 5.41. The van der Waals surface area contributed by atoms with Gasteiger partial charge in [0, 0.05) is 12.6 Å². The minimum Gasteiger partial charge on any atom is -0.484 e. The van der Waals surface area contributed by atoms with Crippen molar-refractivity contribution < 1.29 is 19.4 Å². The van der Waals surface area contributed by atoms with E-state index in [0.717, 1.165) is 10.2 Å². The molecule has 0 aliphatic heterocycles. The highest BCUT2D eigenvalue weighted by atomic mass is 32.1. The first-order valence-corrected chi connectivity index (χ1v) is 6.47. The molecule has 0 spiro atoms. The van der Waals surface area contributed by atoms with Crippen molar-refractivity contribution >= 4 is 33.4 Å². The second kappa shape index (κ2) is 6.14. The molecule has 0 aliphatic rings. The molecule has 2 aromatic rings. The number of hydrogen-bond donors (Lipinski definition) is 2. The van der Waals surface area contributed by atoms with Gasteiger partial charge in [-0.15, -0.1) is 11.3 Å². The van der Waals surface area contributed by atoms with Crippen LogP contribution in [0.1, 0.15) is 6.42 Å². The number of benzene rings is 1. The van der Waals surface area contributed by atoms with Crippen molar-refractivity contribution in [3.63, 3.8) is 0 Å². The fourth-order valence-electron chi connectivity index (χ4n) is 1.44. The molecule has 0 unspecified atom stereocenters. The van der Waals surface area contributed by atoms with Crippen LogP contribution in [0.3, 0.4) is 0 Å². The molecule has 1 aromatic heterocycles. The van der Waals surface area contributed by atoms with Gasteiger partial charge in [0.2, 0.25) is 0 Å². The number of carboxylic acid groups (broad SMARTS) is 1. The molecule has 7 heteroatoms. The molecule has 2 N–H and O–H groups in total. The summed E-state index contributed by atoms with van der Waals surface area (Å²) in [6.07, 6.45) is -0.101. The summed E-state index contributed by atoms with van der Waals surface area (Å²) in [5, 5.41) is 10.9. The van der Waals surface area contributed by atoms with E-state index in [4.69, 9.17) is 9.84 Å². The van der Waals surface area contributed by atoms with E-state index in [9.17, 15) is 9.59 Å².